The maximum absolute atomic E-state index is 12.6. The number of furan rings is 1. The Labute approximate surface area is 162 Å². The fraction of sp³-hybridized carbons (Fsp3) is 0.286. The van der Waals surface area contributed by atoms with Crippen molar-refractivity contribution in [1.82, 2.24) is 19.9 Å². The van der Waals surface area contributed by atoms with Crippen molar-refractivity contribution in [3.63, 3.8) is 0 Å². The Morgan fingerprint density at radius 3 is 3.00 bits per heavy atom. The van der Waals surface area contributed by atoms with Crippen LogP contribution in [0.3, 0.4) is 0 Å². The van der Waals surface area contributed by atoms with Gasteiger partial charge in [-0.2, -0.15) is 0 Å². The van der Waals surface area contributed by atoms with Gasteiger partial charge >= 0.3 is 0 Å². The smallest absolute Gasteiger partial charge is 0.251 e. The first-order chi connectivity index (χ1) is 13.6. The molecule has 4 rings (SSSR count). The number of carbonyl (C=O) groups excluding carboxylic acids is 1. The topological polar surface area (TPSA) is 81.7 Å². The van der Waals surface area contributed by atoms with Gasteiger partial charge in [0.2, 0.25) is 0 Å². The quantitative estimate of drug-likeness (QED) is 0.497. The van der Waals surface area contributed by atoms with Crippen molar-refractivity contribution in [3.8, 4) is 5.75 Å². The summed E-state index contributed by atoms with van der Waals surface area (Å²) in [4.78, 5) is 12.6. The minimum absolute atomic E-state index is 0.00869. The van der Waals surface area contributed by atoms with Gasteiger partial charge in [-0.05, 0) is 50.6 Å². The number of rotatable bonds is 7. The Balaban J connectivity index is 1.39. The van der Waals surface area contributed by atoms with Gasteiger partial charge in [-0.1, -0.05) is 6.07 Å². The first-order valence-corrected chi connectivity index (χ1v) is 9.36. The highest BCUT2D eigenvalue weighted by Gasteiger charge is 2.14. The number of hydrogen-bond donors (Lipinski definition) is 1. The second kappa shape index (κ2) is 7.72. The van der Waals surface area contributed by atoms with E-state index in [4.69, 9.17) is 9.15 Å². The van der Waals surface area contributed by atoms with Gasteiger partial charge < -0.3 is 14.5 Å². The molecule has 0 aliphatic heterocycles. The molecule has 144 valence electrons. The lowest BCUT2D eigenvalue weighted by atomic mass is 10.1. The third kappa shape index (κ3) is 3.69. The molecule has 28 heavy (non-hydrogen) atoms. The normalized spacial score (nSPS) is 11.4. The van der Waals surface area contributed by atoms with Crippen LogP contribution < -0.4 is 10.1 Å². The summed E-state index contributed by atoms with van der Waals surface area (Å²) >= 11 is 0. The van der Waals surface area contributed by atoms with Gasteiger partial charge in [-0.25, -0.2) is 0 Å². The van der Waals surface area contributed by atoms with Crippen molar-refractivity contribution in [1.29, 1.82) is 0 Å². The average Bonchev–Trinajstić information content (AvgIpc) is 3.31. The van der Waals surface area contributed by atoms with E-state index in [-0.39, 0.29) is 12.0 Å². The van der Waals surface area contributed by atoms with E-state index < -0.39 is 0 Å². The number of amides is 1. The second-order valence-corrected chi connectivity index (χ2v) is 6.88. The van der Waals surface area contributed by atoms with E-state index in [0.29, 0.717) is 23.4 Å². The zero-order chi connectivity index (χ0) is 19.5. The zero-order valence-corrected chi connectivity index (χ0v) is 15.9. The van der Waals surface area contributed by atoms with Gasteiger partial charge in [0.25, 0.3) is 5.91 Å². The Hall–Kier alpha value is -3.35. The van der Waals surface area contributed by atoms with Crippen molar-refractivity contribution < 1.29 is 13.9 Å². The highest BCUT2D eigenvalue weighted by atomic mass is 16.5. The number of nitrogens with one attached hydrogen (secondary N) is 1. The molecule has 3 aromatic heterocycles. The van der Waals surface area contributed by atoms with E-state index in [0.717, 1.165) is 29.7 Å². The number of carbonyl (C=O) groups is 1. The van der Waals surface area contributed by atoms with E-state index in [1.807, 2.05) is 48.7 Å². The fourth-order valence-corrected chi connectivity index (χ4v) is 3.13. The summed E-state index contributed by atoms with van der Waals surface area (Å²) in [7, 11) is 0. The summed E-state index contributed by atoms with van der Waals surface area (Å²) in [6, 6.07) is 11.1. The molecule has 7 nitrogen and oxygen atoms in total. The fourth-order valence-electron chi connectivity index (χ4n) is 3.13. The van der Waals surface area contributed by atoms with Gasteiger partial charge in [-0.15, -0.1) is 10.2 Å². The molecular formula is C21H22N4O3. The van der Waals surface area contributed by atoms with Crippen molar-refractivity contribution in [2.24, 2.45) is 0 Å². The van der Waals surface area contributed by atoms with Crippen LogP contribution in [0.25, 0.3) is 16.6 Å². The molecule has 0 saturated heterocycles. The van der Waals surface area contributed by atoms with Crippen molar-refractivity contribution >= 4 is 22.5 Å². The molecule has 0 fully saturated rings. The largest absolute Gasteiger partial charge is 0.490 e. The number of benzene rings is 1. The number of nitrogens with zero attached hydrogens (tertiary/aromatic N) is 3. The number of fused-ring (bicyclic) bond motifs is 2. The highest BCUT2D eigenvalue weighted by Crippen LogP contribution is 2.29. The SMILES string of the molecule is CC(C)Oc1cc(C(=O)NCCCc2nnc3ccccn23)cc2occc12. The predicted molar refractivity (Wildman–Crippen MR) is 106 cm³/mol. The molecule has 1 amide bonds. The van der Waals surface area contributed by atoms with E-state index >= 15 is 0 Å². The summed E-state index contributed by atoms with van der Waals surface area (Å²) in [6.07, 6.45) is 5.04. The monoisotopic (exact) mass is 378 g/mol. The number of aryl methyl sites for hydroxylation is 1. The Bertz CT molecular complexity index is 1110. The summed E-state index contributed by atoms with van der Waals surface area (Å²) in [6.45, 7) is 4.44. The molecule has 0 radical (unpaired) electrons. The standard InChI is InChI=1S/C21H22N4O3/c1-14(2)28-18-13-15(12-17-16(18)8-11-27-17)21(26)22-9-5-7-20-24-23-19-6-3-4-10-25(19)20/h3-4,6,8,10-14H,5,7,9H2,1-2H3,(H,22,26). The molecule has 0 bridgehead atoms. The summed E-state index contributed by atoms with van der Waals surface area (Å²) < 4.78 is 13.3. The van der Waals surface area contributed by atoms with Crippen molar-refractivity contribution in [2.75, 3.05) is 6.54 Å². The van der Waals surface area contributed by atoms with Gasteiger partial charge in [-0.3, -0.25) is 9.20 Å². The molecule has 0 aliphatic rings. The Morgan fingerprint density at radius 1 is 1.25 bits per heavy atom. The van der Waals surface area contributed by atoms with Crippen LogP contribution in [0, 0.1) is 0 Å². The maximum atomic E-state index is 12.6. The minimum Gasteiger partial charge on any atom is -0.490 e. The second-order valence-electron chi connectivity index (χ2n) is 6.88. The van der Waals surface area contributed by atoms with E-state index in [2.05, 4.69) is 15.5 Å². The average molecular weight is 378 g/mol. The molecule has 0 atom stereocenters. The van der Waals surface area contributed by atoms with Crippen LogP contribution in [0.4, 0.5) is 0 Å². The first-order valence-electron chi connectivity index (χ1n) is 9.36. The van der Waals surface area contributed by atoms with Crippen LogP contribution in [0.15, 0.2) is 53.3 Å². The third-order valence-electron chi connectivity index (χ3n) is 4.41. The van der Waals surface area contributed by atoms with Crippen LogP contribution in [-0.2, 0) is 6.42 Å². The minimum atomic E-state index is -0.155. The van der Waals surface area contributed by atoms with Gasteiger partial charge in [0.15, 0.2) is 5.65 Å². The van der Waals surface area contributed by atoms with Crippen LogP contribution >= 0.6 is 0 Å². The molecule has 0 unspecified atom stereocenters. The van der Waals surface area contributed by atoms with Gasteiger partial charge in [0.1, 0.15) is 17.2 Å². The third-order valence-corrected chi connectivity index (χ3v) is 4.41. The summed E-state index contributed by atoms with van der Waals surface area (Å²) in [5, 5.41) is 12.2. The van der Waals surface area contributed by atoms with Crippen molar-refractivity contribution in [3.05, 3.63) is 60.2 Å². The maximum Gasteiger partial charge on any atom is 0.251 e. The molecule has 7 heteroatoms. The number of ether oxygens (including phenoxy) is 1. The Morgan fingerprint density at radius 2 is 2.14 bits per heavy atom. The van der Waals surface area contributed by atoms with Crippen LogP contribution in [0.1, 0.15) is 36.5 Å². The van der Waals surface area contributed by atoms with Gasteiger partial charge in [0, 0.05) is 24.7 Å². The molecule has 0 spiro atoms. The molecular weight excluding hydrogens is 356 g/mol. The molecule has 3 heterocycles. The molecule has 1 aromatic carbocycles. The summed E-state index contributed by atoms with van der Waals surface area (Å²) in [5.74, 6) is 1.38. The van der Waals surface area contributed by atoms with Gasteiger partial charge in [0.05, 0.1) is 17.8 Å². The highest BCUT2D eigenvalue weighted by molar-refractivity contribution is 5.99. The molecule has 4 aromatic rings. The van der Waals surface area contributed by atoms with Crippen molar-refractivity contribution in [2.45, 2.75) is 32.8 Å². The lowest BCUT2D eigenvalue weighted by molar-refractivity contribution is 0.0952. The number of hydrogen-bond acceptors (Lipinski definition) is 5. The van der Waals surface area contributed by atoms with Crippen LogP contribution in [-0.4, -0.2) is 33.2 Å². The number of pyridine rings is 1. The first kappa shape index (κ1) is 18.0. The summed E-state index contributed by atoms with van der Waals surface area (Å²) in [5.41, 5.74) is 1.98. The molecule has 0 aliphatic carbocycles. The van der Waals surface area contributed by atoms with Crippen LogP contribution in [0.5, 0.6) is 5.75 Å². The molecule has 0 saturated carbocycles. The van der Waals surface area contributed by atoms with E-state index in [9.17, 15) is 4.79 Å². The van der Waals surface area contributed by atoms with E-state index in [1.165, 1.54) is 0 Å². The van der Waals surface area contributed by atoms with E-state index in [1.54, 1.807) is 18.4 Å². The zero-order valence-electron chi connectivity index (χ0n) is 15.9. The Kier molecular flexibility index (Phi) is 4.97. The predicted octanol–water partition coefficient (Wildman–Crippen LogP) is 3.63. The lowest BCUT2D eigenvalue weighted by Crippen LogP contribution is -2.25. The lowest BCUT2D eigenvalue weighted by Gasteiger charge is -2.12. The van der Waals surface area contributed by atoms with Crippen LogP contribution in [0.2, 0.25) is 0 Å². The number of aromatic nitrogens is 3. The molecule has 1 N–H and O–H groups in total.